The highest BCUT2D eigenvalue weighted by Gasteiger charge is 2.24. The highest BCUT2D eigenvalue weighted by Crippen LogP contribution is 2.39. The molecule has 2 rings (SSSR count). The highest BCUT2D eigenvalue weighted by molar-refractivity contribution is 5.73. The van der Waals surface area contributed by atoms with Crippen LogP contribution in [-0.2, 0) is 10.8 Å². The topological polar surface area (TPSA) is 0 Å². The van der Waals surface area contributed by atoms with Crippen LogP contribution in [0.4, 0.5) is 0 Å². The zero-order valence-corrected chi connectivity index (χ0v) is 15.5. The van der Waals surface area contributed by atoms with Crippen LogP contribution in [0.15, 0.2) is 36.4 Å². The smallest absolute Gasteiger partial charge is 0.0126 e. The van der Waals surface area contributed by atoms with E-state index in [0.717, 1.165) is 0 Å². The third-order valence-corrected chi connectivity index (χ3v) is 4.26. The Bertz CT molecular complexity index is 615. The van der Waals surface area contributed by atoms with Crippen LogP contribution in [-0.4, -0.2) is 0 Å². The lowest BCUT2D eigenvalue weighted by Gasteiger charge is -2.28. The largest absolute Gasteiger partial charge is 0.0587 e. The zero-order valence-electron chi connectivity index (χ0n) is 15.5. The van der Waals surface area contributed by atoms with Crippen LogP contribution in [0.3, 0.4) is 0 Å². The van der Waals surface area contributed by atoms with Crippen LogP contribution in [0, 0.1) is 13.8 Å². The second-order valence-electron chi connectivity index (χ2n) is 8.60. The SMILES string of the molecule is Cc1ccc(-c2ccc(C)cc2C(C)(C)C)c(C(C)(C)C)c1. The van der Waals surface area contributed by atoms with Gasteiger partial charge in [-0.2, -0.15) is 0 Å². The lowest BCUT2D eigenvalue weighted by atomic mass is 9.76. The van der Waals surface area contributed by atoms with Gasteiger partial charge in [0.1, 0.15) is 0 Å². The lowest BCUT2D eigenvalue weighted by molar-refractivity contribution is 0.584. The Kier molecular flexibility index (Phi) is 4.26. The molecule has 0 amide bonds. The minimum absolute atomic E-state index is 0.140. The van der Waals surface area contributed by atoms with Crippen LogP contribution >= 0.6 is 0 Å². The van der Waals surface area contributed by atoms with Crippen molar-refractivity contribution in [3.63, 3.8) is 0 Å². The van der Waals surface area contributed by atoms with Gasteiger partial charge in [0.15, 0.2) is 0 Å². The van der Waals surface area contributed by atoms with E-state index in [4.69, 9.17) is 0 Å². The summed E-state index contributed by atoms with van der Waals surface area (Å²) >= 11 is 0. The van der Waals surface area contributed by atoms with Gasteiger partial charge in [-0.3, -0.25) is 0 Å². The molecule has 0 unspecified atom stereocenters. The fourth-order valence-electron chi connectivity index (χ4n) is 3.03. The van der Waals surface area contributed by atoms with Crippen molar-refractivity contribution in [2.24, 2.45) is 0 Å². The minimum Gasteiger partial charge on any atom is -0.0587 e. The normalized spacial score (nSPS) is 12.5. The van der Waals surface area contributed by atoms with E-state index in [0.29, 0.717) is 0 Å². The van der Waals surface area contributed by atoms with Gasteiger partial charge < -0.3 is 0 Å². The number of benzene rings is 2. The molecular formula is C22H30. The minimum atomic E-state index is 0.140. The van der Waals surface area contributed by atoms with Gasteiger partial charge >= 0.3 is 0 Å². The van der Waals surface area contributed by atoms with Crippen LogP contribution in [0.25, 0.3) is 11.1 Å². The van der Waals surface area contributed by atoms with Crippen molar-refractivity contribution in [2.75, 3.05) is 0 Å². The predicted octanol–water partition coefficient (Wildman–Crippen LogP) is 6.57. The van der Waals surface area contributed by atoms with Crippen molar-refractivity contribution in [3.8, 4) is 11.1 Å². The fraction of sp³-hybridized carbons (Fsp3) is 0.455. The molecule has 0 aromatic heterocycles. The summed E-state index contributed by atoms with van der Waals surface area (Å²) in [5.74, 6) is 0. The molecule has 0 atom stereocenters. The molecule has 2 aromatic carbocycles. The summed E-state index contributed by atoms with van der Waals surface area (Å²) in [6, 6.07) is 13.8. The van der Waals surface area contributed by atoms with Crippen LogP contribution < -0.4 is 0 Å². The number of rotatable bonds is 1. The summed E-state index contributed by atoms with van der Waals surface area (Å²) in [4.78, 5) is 0. The maximum atomic E-state index is 2.35. The zero-order chi connectivity index (χ0) is 16.7. The summed E-state index contributed by atoms with van der Waals surface area (Å²) in [7, 11) is 0. The van der Waals surface area contributed by atoms with E-state index in [-0.39, 0.29) is 10.8 Å². The predicted molar refractivity (Wildman–Crippen MR) is 98.8 cm³/mol. The molecule has 0 aliphatic rings. The molecule has 0 aliphatic carbocycles. The second kappa shape index (κ2) is 5.57. The quantitative estimate of drug-likeness (QED) is 0.558. The van der Waals surface area contributed by atoms with Crippen molar-refractivity contribution < 1.29 is 0 Å². The third kappa shape index (κ3) is 3.43. The van der Waals surface area contributed by atoms with Gasteiger partial charge in [-0.25, -0.2) is 0 Å². The van der Waals surface area contributed by atoms with Gasteiger partial charge in [0, 0.05) is 0 Å². The van der Waals surface area contributed by atoms with Gasteiger partial charge in [0.05, 0.1) is 0 Å². The van der Waals surface area contributed by atoms with Gasteiger partial charge in [-0.15, -0.1) is 0 Å². The average molecular weight is 294 g/mol. The van der Waals surface area contributed by atoms with Gasteiger partial charge in [-0.05, 0) is 46.9 Å². The first-order valence-corrected chi connectivity index (χ1v) is 8.23. The van der Waals surface area contributed by atoms with Crippen molar-refractivity contribution in [1.29, 1.82) is 0 Å². The molecule has 0 saturated carbocycles. The highest BCUT2D eigenvalue weighted by atomic mass is 14.3. The summed E-state index contributed by atoms with van der Waals surface area (Å²) < 4.78 is 0. The van der Waals surface area contributed by atoms with E-state index in [1.165, 1.54) is 33.4 Å². The first-order chi connectivity index (χ1) is 10.00. The summed E-state index contributed by atoms with van der Waals surface area (Å²) in [6.45, 7) is 18.2. The summed E-state index contributed by atoms with van der Waals surface area (Å²) in [5, 5.41) is 0. The Morgan fingerprint density at radius 3 is 1.14 bits per heavy atom. The maximum absolute atomic E-state index is 2.35. The standard InChI is InChI=1S/C22H30/c1-15-9-11-17(19(13-15)21(3,4)5)18-12-10-16(2)14-20(18)22(6,7)8/h9-14H,1-8H3. The molecule has 118 valence electrons. The Balaban J connectivity index is 2.78. The second-order valence-corrected chi connectivity index (χ2v) is 8.60. The molecule has 22 heavy (non-hydrogen) atoms. The van der Waals surface area contributed by atoms with Crippen molar-refractivity contribution in [1.82, 2.24) is 0 Å². The Morgan fingerprint density at radius 1 is 0.545 bits per heavy atom. The molecule has 0 bridgehead atoms. The van der Waals surface area contributed by atoms with Crippen molar-refractivity contribution >= 4 is 0 Å². The molecule has 0 fully saturated rings. The maximum Gasteiger partial charge on any atom is -0.0126 e. The van der Waals surface area contributed by atoms with Gasteiger partial charge in [0.25, 0.3) is 0 Å². The first kappa shape index (κ1) is 16.8. The molecule has 2 aromatic rings. The van der Waals surface area contributed by atoms with Gasteiger partial charge in [-0.1, -0.05) is 89.1 Å². The van der Waals surface area contributed by atoms with E-state index in [9.17, 15) is 0 Å². The van der Waals surface area contributed by atoms with E-state index in [2.05, 4.69) is 91.8 Å². The van der Waals surface area contributed by atoms with Crippen molar-refractivity contribution in [3.05, 3.63) is 58.7 Å². The van der Waals surface area contributed by atoms with E-state index in [1.807, 2.05) is 0 Å². The van der Waals surface area contributed by atoms with E-state index >= 15 is 0 Å². The number of aryl methyl sites for hydroxylation is 2. The molecule has 0 radical (unpaired) electrons. The molecule has 0 heteroatoms. The summed E-state index contributed by atoms with van der Waals surface area (Å²) in [6.07, 6.45) is 0. The Morgan fingerprint density at radius 2 is 0.864 bits per heavy atom. The van der Waals surface area contributed by atoms with Gasteiger partial charge in [0.2, 0.25) is 0 Å². The molecular weight excluding hydrogens is 264 g/mol. The van der Waals surface area contributed by atoms with E-state index < -0.39 is 0 Å². The van der Waals surface area contributed by atoms with Crippen LogP contribution in [0.5, 0.6) is 0 Å². The Labute approximate surface area is 136 Å². The molecule has 0 heterocycles. The van der Waals surface area contributed by atoms with Crippen LogP contribution in [0.2, 0.25) is 0 Å². The third-order valence-electron chi connectivity index (χ3n) is 4.26. The fourth-order valence-corrected chi connectivity index (χ4v) is 3.03. The lowest BCUT2D eigenvalue weighted by Crippen LogP contribution is -2.16. The average Bonchev–Trinajstić information content (AvgIpc) is 2.37. The van der Waals surface area contributed by atoms with Crippen LogP contribution in [0.1, 0.15) is 63.8 Å². The number of hydrogen-bond donors (Lipinski definition) is 0. The monoisotopic (exact) mass is 294 g/mol. The molecule has 0 saturated heterocycles. The van der Waals surface area contributed by atoms with Crippen molar-refractivity contribution in [2.45, 2.75) is 66.2 Å². The molecule has 0 N–H and O–H groups in total. The first-order valence-electron chi connectivity index (χ1n) is 8.23. The van der Waals surface area contributed by atoms with E-state index in [1.54, 1.807) is 0 Å². The number of hydrogen-bond acceptors (Lipinski definition) is 0. The summed E-state index contributed by atoms with van der Waals surface area (Å²) in [5.41, 5.74) is 8.56. The molecule has 0 aliphatic heterocycles. The molecule has 0 spiro atoms. The molecule has 0 nitrogen and oxygen atoms in total. The Hall–Kier alpha value is -1.56.